The minimum absolute atomic E-state index is 0.0568. The second-order valence-corrected chi connectivity index (χ2v) is 6.06. The first-order valence-corrected chi connectivity index (χ1v) is 7.82. The number of hydrogen-bond acceptors (Lipinski definition) is 6. The van der Waals surface area contributed by atoms with Crippen molar-refractivity contribution in [1.29, 1.82) is 0 Å². The highest BCUT2D eigenvalue weighted by Gasteiger charge is 2.19. The molecule has 0 aliphatic heterocycles. The molecule has 0 radical (unpaired) electrons. The van der Waals surface area contributed by atoms with Crippen molar-refractivity contribution in [3.63, 3.8) is 0 Å². The summed E-state index contributed by atoms with van der Waals surface area (Å²) >= 11 is 0. The second-order valence-electron chi connectivity index (χ2n) is 4.44. The quantitative estimate of drug-likeness (QED) is 0.629. The average molecular weight is 325 g/mol. The fourth-order valence-electron chi connectivity index (χ4n) is 1.68. The Morgan fingerprint density at radius 2 is 2.18 bits per heavy atom. The molecule has 0 unspecified atom stereocenters. The minimum atomic E-state index is -3.92. The third-order valence-electron chi connectivity index (χ3n) is 2.71. The van der Waals surface area contributed by atoms with Crippen LogP contribution in [0.25, 0.3) is 0 Å². The molecule has 2 aromatic rings. The first-order chi connectivity index (χ1) is 10.3. The highest BCUT2D eigenvalue weighted by Crippen LogP contribution is 2.26. The molecule has 0 aliphatic carbocycles. The molecule has 2 rings (SSSR count). The summed E-state index contributed by atoms with van der Waals surface area (Å²) in [5, 5.41) is 9.69. The van der Waals surface area contributed by atoms with Gasteiger partial charge in [0.05, 0.1) is 24.2 Å². The number of rotatable bonds is 5. The Hall–Kier alpha value is -2.55. The maximum atomic E-state index is 12.1. The minimum Gasteiger partial charge on any atom is -0.506 e. The molecule has 0 saturated heterocycles. The Bertz CT molecular complexity index is 798. The van der Waals surface area contributed by atoms with Crippen LogP contribution in [0.2, 0.25) is 0 Å². The van der Waals surface area contributed by atoms with Gasteiger partial charge in [-0.15, -0.1) is 0 Å². The summed E-state index contributed by atoms with van der Waals surface area (Å²) in [5.74, 6) is -0.984. The molecule has 0 atom stereocenters. The Morgan fingerprint density at radius 1 is 1.45 bits per heavy atom. The standard InChI is InChI=1S/C13H15N3O5S/c1-3-21-13(18)9-4-5-10(11(17)6-9)15-22(19,20)12-7-16(2)8-14-12/h4-8,15,17H,3H2,1-2H3. The molecule has 118 valence electrons. The molecule has 0 spiro atoms. The number of carbonyl (C=O) groups is 1. The highest BCUT2D eigenvalue weighted by molar-refractivity contribution is 7.92. The molecule has 0 saturated carbocycles. The lowest BCUT2D eigenvalue weighted by molar-refractivity contribution is 0.0526. The largest absolute Gasteiger partial charge is 0.506 e. The van der Waals surface area contributed by atoms with E-state index in [4.69, 9.17) is 4.74 Å². The maximum absolute atomic E-state index is 12.1. The Labute approximate surface area is 127 Å². The number of phenolic OH excluding ortho intramolecular Hbond substituents is 1. The van der Waals surface area contributed by atoms with Gasteiger partial charge in [0.1, 0.15) is 5.75 Å². The van der Waals surface area contributed by atoms with E-state index in [0.717, 1.165) is 6.07 Å². The van der Waals surface area contributed by atoms with E-state index in [1.807, 2.05) is 0 Å². The van der Waals surface area contributed by atoms with Crippen molar-refractivity contribution >= 4 is 21.7 Å². The third kappa shape index (κ3) is 3.37. The topological polar surface area (TPSA) is 111 Å². The van der Waals surface area contributed by atoms with Gasteiger partial charge in [-0.3, -0.25) is 4.72 Å². The van der Waals surface area contributed by atoms with Crippen LogP contribution in [0.15, 0.2) is 35.7 Å². The number of phenols is 1. The zero-order chi connectivity index (χ0) is 16.3. The van der Waals surface area contributed by atoms with Crippen molar-refractivity contribution in [1.82, 2.24) is 9.55 Å². The maximum Gasteiger partial charge on any atom is 0.338 e. The lowest BCUT2D eigenvalue weighted by Crippen LogP contribution is -2.14. The highest BCUT2D eigenvalue weighted by atomic mass is 32.2. The number of esters is 1. The van der Waals surface area contributed by atoms with Gasteiger partial charge >= 0.3 is 5.97 Å². The first-order valence-electron chi connectivity index (χ1n) is 6.34. The van der Waals surface area contributed by atoms with Gasteiger partial charge < -0.3 is 14.4 Å². The molecular weight excluding hydrogens is 310 g/mol. The number of hydrogen-bond donors (Lipinski definition) is 2. The van der Waals surface area contributed by atoms with Crippen molar-refractivity contribution < 1.29 is 23.1 Å². The molecule has 8 nitrogen and oxygen atoms in total. The van der Waals surface area contributed by atoms with Crippen LogP contribution < -0.4 is 4.72 Å². The van der Waals surface area contributed by atoms with Crippen molar-refractivity contribution in [3.05, 3.63) is 36.3 Å². The van der Waals surface area contributed by atoms with E-state index < -0.39 is 16.0 Å². The molecule has 1 aromatic heterocycles. The molecule has 0 aliphatic rings. The van der Waals surface area contributed by atoms with E-state index in [1.165, 1.54) is 29.2 Å². The van der Waals surface area contributed by atoms with Crippen LogP contribution in [0.5, 0.6) is 5.75 Å². The number of aryl methyl sites for hydroxylation is 1. The van der Waals surface area contributed by atoms with Gasteiger partial charge in [-0.1, -0.05) is 0 Å². The molecule has 0 fully saturated rings. The van der Waals surface area contributed by atoms with Crippen LogP contribution in [0, 0.1) is 0 Å². The number of nitrogens with zero attached hydrogens (tertiary/aromatic N) is 2. The van der Waals surface area contributed by atoms with Crippen molar-refractivity contribution in [2.75, 3.05) is 11.3 Å². The predicted octanol–water partition coefficient (Wildman–Crippen LogP) is 1.10. The summed E-state index contributed by atoms with van der Waals surface area (Å²) in [4.78, 5) is 15.3. The lowest BCUT2D eigenvalue weighted by Gasteiger charge is -2.09. The molecule has 1 aromatic carbocycles. The number of aromatic hydroxyl groups is 1. The normalized spacial score (nSPS) is 11.2. The van der Waals surface area contributed by atoms with E-state index in [0.29, 0.717) is 0 Å². The number of ether oxygens (including phenoxy) is 1. The van der Waals surface area contributed by atoms with Crippen LogP contribution in [0.4, 0.5) is 5.69 Å². The van der Waals surface area contributed by atoms with Crippen LogP contribution >= 0.6 is 0 Å². The summed E-state index contributed by atoms with van der Waals surface area (Å²) in [6.45, 7) is 1.86. The monoisotopic (exact) mass is 325 g/mol. The Morgan fingerprint density at radius 3 is 2.73 bits per heavy atom. The summed E-state index contributed by atoms with van der Waals surface area (Å²) < 4.78 is 32.7. The van der Waals surface area contributed by atoms with Gasteiger partial charge in [-0.25, -0.2) is 9.78 Å². The van der Waals surface area contributed by atoms with E-state index in [2.05, 4.69) is 9.71 Å². The molecular formula is C13H15N3O5S. The number of aromatic nitrogens is 2. The zero-order valence-electron chi connectivity index (χ0n) is 12.0. The van der Waals surface area contributed by atoms with Crippen LogP contribution in [-0.4, -0.2) is 35.7 Å². The summed E-state index contributed by atoms with van der Waals surface area (Å²) in [7, 11) is -2.28. The summed E-state index contributed by atoms with van der Waals surface area (Å²) in [5.41, 5.74) is 0.0684. The number of carbonyl (C=O) groups excluding carboxylic acids is 1. The van der Waals surface area contributed by atoms with Gasteiger partial charge in [0.15, 0.2) is 5.03 Å². The van der Waals surface area contributed by atoms with E-state index in [9.17, 15) is 18.3 Å². The van der Waals surface area contributed by atoms with Crippen molar-refractivity contribution in [2.24, 2.45) is 7.05 Å². The average Bonchev–Trinajstić information content (AvgIpc) is 2.89. The molecule has 2 N–H and O–H groups in total. The molecule has 1 heterocycles. The third-order valence-corrected chi connectivity index (χ3v) is 3.96. The van der Waals surface area contributed by atoms with Gasteiger partial charge in [0.2, 0.25) is 0 Å². The summed E-state index contributed by atoms with van der Waals surface area (Å²) in [6.07, 6.45) is 2.67. The second kappa shape index (κ2) is 6.06. The Balaban J connectivity index is 2.25. The number of nitrogens with one attached hydrogen (secondary N) is 1. The summed E-state index contributed by atoms with van der Waals surface area (Å²) in [6, 6.07) is 3.77. The number of benzene rings is 1. The van der Waals surface area contributed by atoms with Crippen molar-refractivity contribution in [3.8, 4) is 5.75 Å². The number of imidazole rings is 1. The van der Waals surface area contributed by atoms with E-state index in [1.54, 1.807) is 14.0 Å². The van der Waals surface area contributed by atoms with Gasteiger partial charge in [0, 0.05) is 13.2 Å². The smallest absolute Gasteiger partial charge is 0.338 e. The Kier molecular flexibility index (Phi) is 4.36. The predicted molar refractivity (Wildman–Crippen MR) is 78.1 cm³/mol. The van der Waals surface area contributed by atoms with E-state index in [-0.39, 0.29) is 28.6 Å². The van der Waals surface area contributed by atoms with E-state index >= 15 is 0 Å². The number of anilines is 1. The van der Waals surface area contributed by atoms with Gasteiger partial charge in [-0.05, 0) is 25.1 Å². The molecule has 22 heavy (non-hydrogen) atoms. The number of sulfonamides is 1. The van der Waals surface area contributed by atoms with Crippen LogP contribution in [-0.2, 0) is 21.8 Å². The lowest BCUT2D eigenvalue weighted by atomic mass is 10.2. The zero-order valence-corrected chi connectivity index (χ0v) is 12.8. The fourth-order valence-corrected chi connectivity index (χ4v) is 2.74. The van der Waals surface area contributed by atoms with Crippen molar-refractivity contribution in [2.45, 2.75) is 11.9 Å². The van der Waals surface area contributed by atoms with Crippen LogP contribution in [0.3, 0.4) is 0 Å². The fraction of sp³-hybridized carbons (Fsp3) is 0.231. The molecule has 0 amide bonds. The molecule has 9 heteroatoms. The molecule has 0 bridgehead atoms. The van der Waals surface area contributed by atoms with Gasteiger partial charge in [0.25, 0.3) is 10.0 Å². The van der Waals surface area contributed by atoms with Crippen LogP contribution in [0.1, 0.15) is 17.3 Å². The SMILES string of the molecule is CCOC(=O)c1ccc(NS(=O)(=O)c2cn(C)cn2)c(O)c1. The first kappa shape index (κ1) is 15.8. The van der Waals surface area contributed by atoms with Gasteiger partial charge in [-0.2, -0.15) is 8.42 Å².